The molecule has 0 aromatic carbocycles. The first-order valence-corrected chi connectivity index (χ1v) is 7.09. The first-order chi connectivity index (χ1) is 8.08. The van der Waals surface area contributed by atoms with Crippen LogP contribution in [0.25, 0.3) is 0 Å². The van der Waals surface area contributed by atoms with E-state index in [0.29, 0.717) is 10.7 Å². The van der Waals surface area contributed by atoms with Gasteiger partial charge in [-0.25, -0.2) is 4.98 Å². The van der Waals surface area contributed by atoms with E-state index >= 15 is 0 Å². The van der Waals surface area contributed by atoms with Crippen LogP contribution in [0.2, 0.25) is 0 Å². The van der Waals surface area contributed by atoms with Crippen LogP contribution in [0.15, 0.2) is 20.7 Å². The molecule has 0 spiro atoms. The summed E-state index contributed by atoms with van der Waals surface area (Å²) in [6.45, 7) is 1.84. The summed E-state index contributed by atoms with van der Waals surface area (Å²) in [4.78, 5) is 16.5. The van der Waals surface area contributed by atoms with Crippen LogP contribution in [-0.4, -0.2) is 21.1 Å². The Morgan fingerprint density at radius 3 is 2.88 bits per heavy atom. The smallest absolute Gasteiger partial charge is 0.262 e. The molecule has 0 fully saturated rings. The van der Waals surface area contributed by atoms with Crippen molar-refractivity contribution in [3.63, 3.8) is 0 Å². The number of thiophene rings is 1. The van der Waals surface area contributed by atoms with Crippen LogP contribution in [0.1, 0.15) is 28.5 Å². The molecule has 0 radical (unpaired) electrons. The van der Waals surface area contributed by atoms with Crippen LogP contribution in [0.3, 0.4) is 0 Å². The summed E-state index contributed by atoms with van der Waals surface area (Å²) in [6, 6.07) is 1.57. The molecule has 90 valence electrons. The molecule has 0 aliphatic rings. The Kier molecular flexibility index (Phi) is 3.95. The quantitative estimate of drug-likeness (QED) is 0.861. The Morgan fingerprint density at radius 1 is 1.59 bits per heavy atom. The van der Waals surface area contributed by atoms with Gasteiger partial charge in [0.2, 0.25) is 0 Å². The van der Waals surface area contributed by atoms with E-state index in [4.69, 9.17) is 0 Å². The number of amides is 1. The molecule has 1 amide bonds. The largest absolute Gasteiger partial charge is 0.342 e. The van der Waals surface area contributed by atoms with E-state index in [1.165, 1.54) is 17.7 Å². The number of carbonyl (C=O) groups excluding carboxylic acids is 1. The molecule has 0 aliphatic heterocycles. The number of aromatic nitrogens is 3. The molecule has 2 N–H and O–H groups in total. The van der Waals surface area contributed by atoms with Gasteiger partial charge in [-0.05, 0) is 44.8 Å². The minimum Gasteiger partial charge on any atom is -0.342 e. The molecular weight excluding hydrogens is 372 g/mol. The van der Waals surface area contributed by atoms with Gasteiger partial charge in [0.15, 0.2) is 0 Å². The summed E-state index contributed by atoms with van der Waals surface area (Å²) in [7, 11) is 0. The normalized spacial score (nSPS) is 12.4. The van der Waals surface area contributed by atoms with Gasteiger partial charge in [0.25, 0.3) is 5.91 Å². The van der Waals surface area contributed by atoms with Crippen LogP contribution in [-0.2, 0) is 0 Å². The van der Waals surface area contributed by atoms with Gasteiger partial charge in [0, 0.05) is 4.47 Å². The molecule has 2 heterocycles. The van der Waals surface area contributed by atoms with E-state index in [1.54, 1.807) is 6.07 Å². The highest BCUT2D eigenvalue weighted by Gasteiger charge is 2.16. The van der Waals surface area contributed by atoms with Crippen molar-refractivity contribution >= 4 is 49.1 Å². The van der Waals surface area contributed by atoms with Gasteiger partial charge in [-0.3, -0.25) is 9.89 Å². The Labute approximate surface area is 118 Å². The third-order valence-electron chi connectivity index (χ3n) is 2.06. The van der Waals surface area contributed by atoms with Crippen molar-refractivity contribution in [3.05, 3.63) is 31.4 Å². The SMILES string of the molecule is CC(NC(=O)c1cc(Br)c(Br)s1)c1ncn[nH]1. The summed E-state index contributed by atoms with van der Waals surface area (Å²) in [6.07, 6.45) is 1.41. The zero-order chi connectivity index (χ0) is 12.4. The number of halogens is 2. The molecule has 2 aromatic rings. The lowest BCUT2D eigenvalue weighted by Crippen LogP contribution is -2.26. The maximum Gasteiger partial charge on any atom is 0.262 e. The number of nitrogens with one attached hydrogen (secondary N) is 2. The molecule has 2 aromatic heterocycles. The first-order valence-electron chi connectivity index (χ1n) is 4.69. The standard InChI is InChI=1S/C9H8Br2N4OS/c1-4(8-12-3-13-15-8)14-9(16)6-2-5(10)7(11)17-6/h2-4H,1H3,(H,14,16)(H,12,13,15). The Morgan fingerprint density at radius 2 is 2.35 bits per heavy atom. The van der Waals surface area contributed by atoms with Crippen LogP contribution < -0.4 is 5.32 Å². The van der Waals surface area contributed by atoms with Crippen molar-refractivity contribution < 1.29 is 4.79 Å². The highest BCUT2D eigenvalue weighted by atomic mass is 79.9. The Bertz CT molecular complexity index is 506. The summed E-state index contributed by atoms with van der Waals surface area (Å²) in [5.41, 5.74) is 0. The van der Waals surface area contributed by atoms with E-state index in [0.717, 1.165) is 8.26 Å². The maximum absolute atomic E-state index is 11.9. The van der Waals surface area contributed by atoms with Crippen LogP contribution in [0.5, 0.6) is 0 Å². The predicted octanol–water partition coefficient (Wildman–Crippen LogP) is 2.88. The second-order valence-corrected chi connectivity index (χ2v) is 6.52. The van der Waals surface area contributed by atoms with E-state index in [-0.39, 0.29) is 11.9 Å². The number of hydrogen-bond acceptors (Lipinski definition) is 4. The number of aromatic amines is 1. The van der Waals surface area contributed by atoms with Crippen molar-refractivity contribution in [3.8, 4) is 0 Å². The minimum atomic E-state index is -0.204. The third kappa shape index (κ3) is 2.93. The average Bonchev–Trinajstić information content (AvgIpc) is 2.89. The Balaban J connectivity index is 2.07. The molecule has 17 heavy (non-hydrogen) atoms. The van der Waals surface area contributed by atoms with Crippen LogP contribution >= 0.6 is 43.2 Å². The van der Waals surface area contributed by atoms with Crippen molar-refractivity contribution in [1.82, 2.24) is 20.5 Å². The van der Waals surface area contributed by atoms with Gasteiger partial charge in [0.1, 0.15) is 12.2 Å². The summed E-state index contributed by atoms with van der Waals surface area (Å²) in [5, 5.41) is 9.30. The van der Waals surface area contributed by atoms with Crippen LogP contribution in [0.4, 0.5) is 0 Å². The van der Waals surface area contributed by atoms with Gasteiger partial charge in [-0.15, -0.1) is 11.3 Å². The zero-order valence-electron chi connectivity index (χ0n) is 8.70. The van der Waals surface area contributed by atoms with Crippen molar-refractivity contribution in [2.75, 3.05) is 0 Å². The lowest BCUT2D eigenvalue weighted by Gasteiger charge is -2.09. The lowest BCUT2D eigenvalue weighted by molar-refractivity contribution is 0.0942. The number of hydrogen-bond donors (Lipinski definition) is 2. The Hall–Kier alpha value is -0.730. The highest BCUT2D eigenvalue weighted by Crippen LogP contribution is 2.32. The summed E-state index contributed by atoms with van der Waals surface area (Å²) < 4.78 is 1.77. The topological polar surface area (TPSA) is 70.7 Å². The van der Waals surface area contributed by atoms with E-state index in [2.05, 4.69) is 52.4 Å². The molecule has 0 saturated heterocycles. The number of rotatable bonds is 3. The fourth-order valence-corrected chi connectivity index (χ4v) is 3.16. The molecule has 5 nitrogen and oxygen atoms in total. The maximum atomic E-state index is 11.9. The molecule has 2 rings (SSSR count). The first kappa shape index (κ1) is 12.7. The monoisotopic (exact) mass is 378 g/mol. The molecule has 0 bridgehead atoms. The molecule has 0 saturated carbocycles. The average molecular weight is 380 g/mol. The van der Waals surface area contributed by atoms with E-state index in [1.807, 2.05) is 6.92 Å². The van der Waals surface area contributed by atoms with E-state index < -0.39 is 0 Å². The molecule has 8 heteroatoms. The van der Waals surface area contributed by atoms with Gasteiger partial charge in [0.05, 0.1) is 14.7 Å². The number of carbonyl (C=O) groups is 1. The lowest BCUT2D eigenvalue weighted by atomic mass is 10.3. The van der Waals surface area contributed by atoms with Crippen molar-refractivity contribution in [2.45, 2.75) is 13.0 Å². The highest BCUT2D eigenvalue weighted by molar-refractivity contribution is 9.13. The van der Waals surface area contributed by atoms with Gasteiger partial charge in [-0.1, -0.05) is 0 Å². The molecule has 1 unspecified atom stereocenters. The van der Waals surface area contributed by atoms with Crippen molar-refractivity contribution in [1.29, 1.82) is 0 Å². The number of H-pyrrole nitrogens is 1. The predicted molar refractivity (Wildman–Crippen MR) is 72.0 cm³/mol. The van der Waals surface area contributed by atoms with Gasteiger partial charge < -0.3 is 5.32 Å². The van der Waals surface area contributed by atoms with Crippen LogP contribution in [0, 0.1) is 0 Å². The second kappa shape index (κ2) is 5.28. The second-order valence-electron chi connectivity index (χ2n) is 3.30. The van der Waals surface area contributed by atoms with Gasteiger partial charge in [-0.2, -0.15) is 5.10 Å². The zero-order valence-corrected chi connectivity index (χ0v) is 12.7. The molecule has 1 atom stereocenters. The summed E-state index contributed by atoms with van der Waals surface area (Å²) in [5.74, 6) is 0.498. The molecule has 0 aliphatic carbocycles. The fraction of sp³-hybridized carbons (Fsp3) is 0.222. The van der Waals surface area contributed by atoms with E-state index in [9.17, 15) is 4.79 Å². The van der Waals surface area contributed by atoms with Crippen molar-refractivity contribution in [2.24, 2.45) is 0 Å². The summed E-state index contributed by atoms with van der Waals surface area (Å²) >= 11 is 8.07. The minimum absolute atomic E-state index is 0.134. The third-order valence-corrected chi connectivity index (χ3v) is 5.32. The molecular formula is C9H8Br2N4OS. The number of nitrogens with zero attached hydrogens (tertiary/aromatic N) is 2. The van der Waals surface area contributed by atoms with Gasteiger partial charge >= 0.3 is 0 Å². The fourth-order valence-electron chi connectivity index (χ4n) is 1.22.